The maximum absolute atomic E-state index is 9.62. The van der Waals surface area contributed by atoms with E-state index >= 15 is 0 Å². The molecule has 0 spiro atoms. The van der Waals surface area contributed by atoms with Gasteiger partial charge in [0.2, 0.25) is 0 Å². The van der Waals surface area contributed by atoms with E-state index in [9.17, 15) is 5.11 Å². The summed E-state index contributed by atoms with van der Waals surface area (Å²) in [5, 5.41) is 14.3. The van der Waals surface area contributed by atoms with Crippen molar-refractivity contribution in [2.45, 2.75) is 49.3 Å². The summed E-state index contributed by atoms with van der Waals surface area (Å²) in [6.07, 6.45) is 4.35. The first-order valence-electron chi connectivity index (χ1n) is 9.15. The summed E-state index contributed by atoms with van der Waals surface area (Å²) in [6.45, 7) is 2.19. The highest BCUT2D eigenvalue weighted by Gasteiger charge is 2.23. The number of hydrogen-bond donors (Lipinski definition) is 2. The number of benzene rings is 1. The summed E-state index contributed by atoms with van der Waals surface area (Å²) in [4.78, 5) is 13.5. The highest BCUT2D eigenvalue weighted by molar-refractivity contribution is 7.98. The fourth-order valence-electron chi connectivity index (χ4n) is 3.34. The van der Waals surface area contributed by atoms with Crippen LogP contribution in [0.5, 0.6) is 0 Å². The van der Waals surface area contributed by atoms with Crippen LogP contribution in [0.15, 0.2) is 35.2 Å². The maximum Gasteiger partial charge on any atom is 0.142 e. The predicted molar refractivity (Wildman–Crippen MR) is 110 cm³/mol. The molecule has 0 saturated heterocycles. The molecule has 0 aliphatic heterocycles. The number of anilines is 1. The lowest BCUT2D eigenvalue weighted by Gasteiger charge is -2.16. The van der Waals surface area contributed by atoms with E-state index in [1.54, 1.807) is 11.8 Å². The largest absolute Gasteiger partial charge is 0.394 e. The third-order valence-corrected chi connectivity index (χ3v) is 6.97. The number of nitrogens with zero attached hydrogens (tertiary/aromatic N) is 2. The fourth-order valence-corrected chi connectivity index (χ4v) is 5.40. The Balaban J connectivity index is 1.68. The van der Waals surface area contributed by atoms with Crippen molar-refractivity contribution >= 4 is 39.1 Å². The van der Waals surface area contributed by atoms with Crippen LogP contribution < -0.4 is 5.32 Å². The molecule has 1 aromatic carbocycles. The lowest BCUT2D eigenvalue weighted by molar-refractivity contribution is 0.271. The third-order valence-electron chi connectivity index (χ3n) is 4.78. The minimum atomic E-state index is 0.0275. The van der Waals surface area contributed by atoms with Crippen LogP contribution >= 0.6 is 23.1 Å². The van der Waals surface area contributed by atoms with Gasteiger partial charge in [-0.15, -0.1) is 23.1 Å². The van der Waals surface area contributed by atoms with Gasteiger partial charge in [0, 0.05) is 9.77 Å². The molecule has 4 nitrogen and oxygen atoms in total. The van der Waals surface area contributed by atoms with Crippen LogP contribution in [0.25, 0.3) is 10.2 Å². The summed E-state index contributed by atoms with van der Waals surface area (Å²) in [5.41, 5.74) is 1.42. The molecule has 0 bridgehead atoms. The second-order valence-corrected chi connectivity index (χ2v) is 8.69. The lowest BCUT2D eigenvalue weighted by atomic mass is 10.1. The van der Waals surface area contributed by atoms with Gasteiger partial charge < -0.3 is 10.4 Å². The summed E-state index contributed by atoms with van der Waals surface area (Å²) >= 11 is 3.57. The molecule has 3 aromatic rings. The summed E-state index contributed by atoms with van der Waals surface area (Å²) in [7, 11) is 0. The van der Waals surface area contributed by atoms with E-state index in [-0.39, 0.29) is 12.6 Å². The van der Waals surface area contributed by atoms with Gasteiger partial charge in [-0.3, -0.25) is 0 Å². The lowest BCUT2D eigenvalue weighted by Crippen LogP contribution is -2.23. The average molecular weight is 386 g/mol. The van der Waals surface area contributed by atoms with E-state index in [2.05, 4.69) is 36.5 Å². The number of nitrogens with one attached hydrogen (secondary N) is 1. The number of fused-ring (bicyclic) bond motifs is 3. The third kappa shape index (κ3) is 3.59. The number of rotatable bonds is 7. The van der Waals surface area contributed by atoms with Crippen molar-refractivity contribution in [1.82, 2.24) is 9.97 Å². The molecule has 136 valence electrons. The topological polar surface area (TPSA) is 58.0 Å². The Kier molecular flexibility index (Phi) is 5.43. The summed E-state index contributed by atoms with van der Waals surface area (Å²) < 4.78 is 0. The molecule has 4 rings (SSSR count). The summed E-state index contributed by atoms with van der Waals surface area (Å²) in [6, 6.07) is 10.4. The zero-order chi connectivity index (χ0) is 17.9. The van der Waals surface area contributed by atoms with Crippen molar-refractivity contribution in [1.29, 1.82) is 0 Å². The zero-order valence-electron chi connectivity index (χ0n) is 14.9. The van der Waals surface area contributed by atoms with Gasteiger partial charge in [-0.1, -0.05) is 25.1 Å². The minimum Gasteiger partial charge on any atom is -0.394 e. The van der Waals surface area contributed by atoms with Crippen molar-refractivity contribution in [3.63, 3.8) is 0 Å². The smallest absolute Gasteiger partial charge is 0.142 e. The Morgan fingerprint density at radius 3 is 2.85 bits per heavy atom. The quantitative estimate of drug-likeness (QED) is 0.580. The van der Waals surface area contributed by atoms with Crippen LogP contribution in [-0.4, -0.2) is 27.7 Å². The molecule has 1 aliphatic carbocycles. The highest BCUT2D eigenvalue weighted by Crippen LogP contribution is 2.40. The number of aromatic nitrogens is 2. The second kappa shape index (κ2) is 7.94. The molecule has 26 heavy (non-hydrogen) atoms. The van der Waals surface area contributed by atoms with Crippen molar-refractivity contribution in [3.05, 3.63) is 46.6 Å². The molecule has 1 aliphatic rings. The van der Waals surface area contributed by atoms with Crippen LogP contribution in [0.3, 0.4) is 0 Å². The van der Waals surface area contributed by atoms with E-state index in [1.807, 2.05) is 17.4 Å². The summed E-state index contributed by atoms with van der Waals surface area (Å²) in [5.74, 6) is 2.49. The van der Waals surface area contributed by atoms with Crippen molar-refractivity contribution in [2.75, 3.05) is 11.9 Å². The Morgan fingerprint density at radius 2 is 2.08 bits per heavy atom. The molecular weight excluding hydrogens is 362 g/mol. The Bertz CT molecular complexity index is 891. The first-order valence-corrected chi connectivity index (χ1v) is 10.9. The highest BCUT2D eigenvalue weighted by atomic mass is 32.2. The normalized spacial score (nSPS) is 14.5. The van der Waals surface area contributed by atoms with E-state index in [0.717, 1.165) is 41.5 Å². The van der Waals surface area contributed by atoms with Crippen LogP contribution in [0.1, 0.15) is 36.0 Å². The van der Waals surface area contributed by atoms with Crippen LogP contribution in [0.4, 0.5) is 5.82 Å². The number of thioether (sulfide) groups is 1. The first-order chi connectivity index (χ1) is 12.8. The van der Waals surface area contributed by atoms with Gasteiger partial charge in [0.15, 0.2) is 0 Å². The number of aliphatic hydroxyl groups excluding tert-OH is 1. The van der Waals surface area contributed by atoms with Gasteiger partial charge in [0.05, 0.1) is 23.8 Å². The van der Waals surface area contributed by atoms with Crippen LogP contribution in [0, 0.1) is 0 Å². The monoisotopic (exact) mass is 385 g/mol. The molecule has 2 aromatic heterocycles. The van der Waals surface area contributed by atoms with Crippen molar-refractivity contribution < 1.29 is 5.11 Å². The fraction of sp³-hybridized carbons (Fsp3) is 0.400. The van der Waals surface area contributed by atoms with E-state index in [1.165, 1.54) is 27.1 Å². The molecule has 0 fully saturated rings. The molecule has 0 amide bonds. The Labute approximate surface area is 162 Å². The van der Waals surface area contributed by atoms with Crippen LogP contribution in [0.2, 0.25) is 0 Å². The molecule has 0 radical (unpaired) electrons. The number of thiophene rings is 1. The molecule has 0 saturated carbocycles. The Morgan fingerprint density at radius 1 is 1.23 bits per heavy atom. The first kappa shape index (κ1) is 17.8. The Hall–Kier alpha value is -1.63. The van der Waals surface area contributed by atoms with Gasteiger partial charge in [0.1, 0.15) is 16.5 Å². The van der Waals surface area contributed by atoms with Gasteiger partial charge in [-0.25, -0.2) is 9.97 Å². The standard InChI is InChI=1S/C20H23N3OS2/c1-2-13(11-24)21-19-18-15-9-6-10-16(15)26-20(18)23-17(22-19)12-25-14-7-4-3-5-8-14/h3-5,7-8,13,24H,2,6,9-12H2,1H3,(H,21,22,23)/t13-/m0/s1. The van der Waals surface area contributed by atoms with E-state index < -0.39 is 0 Å². The molecule has 0 unspecified atom stereocenters. The number of aliphatic hydroxyl groups is 1. The van der Waals surface area contributed by atoms with Crippen molar-refractivity contribution in [3.8, 4) is 0 Å². The van der Waals surface area contributed by atoms with Gasteiger partial charge in [-0.2, -0.15) is 0 Å². The maximum atomic E-state index is 9.62. The van der Waals surface area contributed by atoms with E-state index in [4.69, 9.17) is 9.97 Å². The van der Waals surface area contributed by atoms with Crippen LogP contribution in [-0.2, 0) is 18.6 Å². The molecular formula is C20H23N3OS2. The number of aryl methyl sites for hydroxylation is 2. The zero-order valence-corrected chi connectivity index (χ0v) is 16.5. The van der Waals surface area contributed by atoms with Gasteiger partial charge in [0.25, 0.3) is 0 Å². The molecule has 2 heterocycles. The van der Waals surface area contributed by atoms with Gasteiger partial charge >= 0.3 is 0 Å². The van der Waals surface area contributed by atoms with Crippen molar-refractivity contribution in [2.24, 2.45) is 0 Å². The van der Waals surface area contributed by atoms with Gasteiger partial charge in [-0.05, 0) is 43.4 Å². The predicted octanol–water partition coefficient (Wildman–Crippen LogP) is 4.66. The SMILES string of the molecule is CC[C@@H](CO)Nc1nc(CSc2ccccc2)nc2sc3c(c12)CCC3. The average Bonchev–Trinajstić information content (AvgIpc) is 3.26. The van der Waals surface area contributed by atoms with E-state index in [0.29, 0.717) is 0 Å². The molecule has 1 atom stereocenters. The number of hydrogen-bond acceptors (Lipinski definition) is 6. The molecule has 2 N–H and O–H groups in total. The molecule has 6 heteroatoms. The minimum absolute atomic E-state index is 0.0275. The second-order valence-electron chi connectivity index (χ2n) is 6.56.